The number of ether oxygens (including phenoxy) is 1. The van der Waals surface area contributed by atoms with Gasteiger partial charge in [0.2, 0.25) is 0 Å². The average Bonchev–Trinajstić information content (AvgIpc) is 3.43. The van der Waals surface area contributed by atoms with Crippen molar-refractivity contribution in [2.24, 2.45) is 10.7 Å². The monoisotopic (exact) mass is 321 g/mol. The molecule has 1 atom stereocenters. The Morgan fingerprint density at radius 1 is 1.12 bits per heavy atom. The van der Waals surface area contributed by atoms with E-state index in [1.165, 1.54) is 0 Å². The number of carbonyl (C=O) groups excluding carboxylic acids is 1. The smallest absolute Gasteiger partial charge is 0.250 e. The van der Waals surface area contributed by atoms with Gasteiger partial charge in [-0.3, -0.25) is 9.79 Å². The summed E-state index contributed by atoms with van der Waals surface area (Å²) in [6, 6.07) is 15.0. The highest BCUT2D eigenvalue weighted by atomic mass is 16.5. The van der Waals surface area contributed by atoms with Crippen molar-refractivity contribution >= 4 is 17.3 Å². The van der Waals surface area contributed by atoms with E-state index in [4.69, 9.17) is 10.5 Å². The predicted molar refractivity (Wildman–Crippen MR) is 93.6 cm³/mol. The molecule has 2 aromatic rings. The molecular formula is C19H19N3O2. The van der Waals surface area contributed by atoms with Crippen molar-refractivity contribution in [1.82, 2.24) is 0 Å². The van der Waals surface area contributed by atoms with Gasteiger partial charge in [-0.1, -0.05) is 42.5 Å². The molecule has 24 heavy (non-hydrogen) atoms. The summed E-state index contributed by atoms with van der Waals surface area (Å²) in [5, 5.41) is 2.97. The molecule has 122 valence electrons. The number of rotatable bonds is 4. The number of para-hydroxylation sites is 1. The van der Waals surface area contributed by atoms with Gasteiger partial charge in [0.15, 0.2) is 0 Å². The summed E-state index contributed by atoms with van der Waals surface area (Å²) >= 11 is 0. The number of carbonyl (C=O) groups is 1. The van der Waals surface area contributed by atoms with Crippen LogP contribution in [0.4, 0.5) is 5.69 Å². The molecular weight excluding hydrogens is 302 g/mol. The van der Waals surface area contributed by atoms with Gasteiger partial charge in [0.1, 0.15) is 11.8 Å². The summed E-state index contributed by atoms with van der Waals surface area (Å²) in [5.74, 6) is 0.501. The van der Waals surface area contributed by atoms with Gasteiger partial charge in [-0.05, 0) is 18.9 Å². The van der Waals surface area contributed by atoms with Crippen LogP contribution in [-0.2, 0) is 4.79 Å². The zero-order valence-corrected chi connectivity index (χ0v) is 13.2. The number of amides is 1. The van der Waals surface area contributed by atoms with Gasteiger partial charge in [-0.15, -0.1) is 0 Å². The third-order valence-electron chi connectivity index (χ3n) is 4.21. The molecule has 0 radical (unpaired) electrons. The van der Waals surface area contributed by atoms with Crippen LogP contribution in [0.3, 0.4) is 0 Å². The molecule has 0 bridgehead atoms. The summed E-state index contributed by atoms with van der Waals surface area (Å²) in [5.41, 5.74) is 9.04. The van der Waals surface area contributed by atoms with Crippen LogP contribution in [0.2, 0.25) is 0 Å². The van der Waals surface area contributed by atoms with Crippen LogP contribution in [0.15, 0.2) is 53.5 Å². The number of nitrogens with one attached hydrogen (secondary N) is 1. The highest BCUT2D eigenvalue weighted by molar-refractivity contribution is 6.20. The minimum atomic E-state index is -0.610. The molecule has 1 unspecified atom stereocenters. The average molecular weight is 321 g/mol. The van der Waals surface area contributed by atoms with Gasteiger partial charge < -0.3 is 15.8 Å². The van der Waals surface area contributed by atoms with Gasteiger partial charge >= 0.3 is 0 Å². The Kier molecular flexibility index (Phi) is 3.78. The highest BCUT2D eigenvalue weighted by Crippen LogP contribution is 2.36. The van der Waals surface area contributed by atoms with Crippen LogP contribution >= 0.6 is 0 Å². The molecule has 1 saturated carbocycles. The van der Waals surface area contributed by atoms with E-state index in [1.54, 1.807) is 0 Å². The second-order valence-electron chi connectivity index (χ2n) is 6.08. The van der Waals surface area contributed by atoms with Crippen LogP contribution in [0.5, 0.6) is 5.75 Å². The molecule has 3 N–H and O–H groups in total. The third kappa shape index (κ3) is 2.78. The van der Waals surface area contributed by atoms with Crippen molar-refractivity contribution in [1.29, 1.82) is 0 Å². The Balaban J connectivity index is 1.86. The number of fused-ring (bicyclic) bond motifs is 1. The Morgan fingerprint density at radius 3 is 2.62 bits per heavy atom. The molecule has 2 aliphatic rings. The van der Waals surface area contributed by atoms with Crippen LogP contribution in [0, 0.1) is 0 Å². The van der Waals surface area contributed by atoms with Gasteiger partial charge in [0.25, 0.3) is 5.91 Å². The van der Waals surface area contributed by atoms with Crippen LogP contribution in [-0.4, -0.2) is 30.3 Å². The zero-order chi connectivity index (χ0) is 16.5. The van der Waals surface area contributed by atoms with Crippen molar-refractivity contribution in [2.45, 2.75) is 25.0 Å². The van der Waals surface area contributed by atoms with E-state index < -0.39 is 6.04 Å². The van der Waals surface area contributed by atoms with Gasteiger partial charge in [0.05, 0.1) is 17.5 Å². The Morgan fingerprint density at radius 2 is 1.92 bits per heavy atom. The maximum atomic E-state index is 12.5. The van der Waals surface area contributed by atoms with E-state index in [1.807, 2.05) is 48.5 Å². The predicted octanol–water partition coefficient (Wildman–Crippen LogP) is 2.34. The summed E-state index contributed by atoms with van der Waals surface area (Å²) in [4.78, 5) is 17.1. The molecule has 5 nitrogen and oxygen atoms in total. The molecule has 4 rings (SSSR count). The van der Waals surface area contributed by atoms with Crippen molar-refractivity contribution in [3.05, 3.63) is 59.7 Å². The van der Waals surface area contributed by atoms with E-state index in [0.717, 1.165) is 29.7 Å². The number of benzene rings is 2. The number of hydrogen-bond donors (Lipinski definition) is 2. The molecule has 1 heterocycles. The third-order valence-corrected chi connectivity index (χ3v) is 4.21. The first-order valence-electron chi connectivity index (χ1n) is 8.20. The normalized spacial score (nSPS) is 19.8. The molecule has 0 spiro atoms. The lowest BCUT2D eigenvalue weighted by atomic mass is 10.00. The van der Waals surface area contributed by atoms with Crippen LogP contribution < -0.4 is 15.8 Å². The Bertz CT molecular complexity index is 798. The number of nitrogens with two attached hydrogens (primary N) is 1. The Labute approximate surface area is 140 Å². The first-order chi connectivity index (χ1) is 11.8. The van der Waals surface area contributed by atoms with E-state index in [-0.39, 0.29) is 18.6 Å². The second-order valence-corrected chi connectivity index (χ2v) is 6.08. The van der Waals surface area contributed by atoms with Gasteiger partial charge in [-0.25, -0.2) is 0 Å². The van der Waals surface area contributed by atoms with Gasteiger partial charge in [0, 0.05) is 17.7 Å². The molecule has 1 aliphatic carbocycles. The topological polar surface area (TPSA) is 76.7 Å². The molecule has 0 aromatic heterocycles. The quantitative estimate of drug-likeness (QED) is 0.907. The summed E-state index contributed by atoms with van der Waals surface area (Å²) in [6.45, 7) is 0.162. The minimum Gasteiger partial charge on any atom is -0.488 e. The number of hydrogen-bond acceptors (Lipinski definition) is 4. The minimum absolute atomic E-state index is 0.162. The highest BCUT2D eigenvalue weighted by Gasteiger charge is 2.29. The molecule has 1 amide bonds. The SMILES string of the molecule is NCC1N=C(c2ccccc2)c2cccc(OC3CC3)c2NC1=O. The fourth-order valence-electron chi connectivity index (χ4n) is 2.80. The number of benzodiazepines with no additional fused rings is 1. The largest absolute Gasteiger partial charge is 0.488 e. The zero-order valence-electron chi connectivity index (χ0n) is 13.2. The van der Waals surface area contributed by atoms with Gasteiger partial charge in [-0.2, -0.15) is 0 Å². The standard InChI is InChI=1S/C19H19N3O2/c20-11-15-19(23)22-18-14(7-4-8-16(18)24-13-9-10-13)17(21-15)12-5-2-1-3-6-12/h1-8,13,15H,9-11,20H2,(H,22,23). The lowest BCUT2D eigenvalue weighted by Crippen LogP contribution is -2.32. The fourth-order valence-corrected chi connectivity index (χ4v) is 2.80. The van der Waals surface area contributed by atoms with Crippen LogP contribution in [0.25, 0.3) is 0 Å². The maximum absolute atomic E-state index is 12.5. The van der Waals surface area contributed by atoms with Crippen LogP contribution in [0.1, 0.15) is 24.0 Å². The number of aliphatic imine (C=N–C) groups is 1. The molecule has 0 saturated heterocycles. The molecule has 1 aliphatic heterocycles. The van der Waals surface area contributed by atoms with E-state index in [9.17, 15) is 4.79 Å². The summed E-state index contributed by atoms with van der Waals surface area (Å²) in [7, 11) is 0. The van der Waals surface area contributed by atoms with Crippen molar-refractivity contribution in [3.8, 4) is 5.75 Å². The molecule has 2 aromatic carbocycles. The number of anilines is 1. The number of nitrogens with zero attached hydrogens (tertiary/aromatic N) is 1. The van der Waals surface area contributed by atoms with E-state index >= 15 is 0 Å². The van der Waals surface area contributed by atoms with E-state index in [0.29, 0.717) is 11.4 Å². The van der Waals surface area contributed by atoms with Crippen molar-refractivity contribution in [2.75, 3.05) is 11.9 Å². The molecule has 5 heteroatoms. The maximum Gasteiger partial charge on any atom is 0.250 e. The molecule has 1 fully saturated rings. The summed E-state index contributed by atoms with van der Waals surface area (Å²) in [6.07, 6.45) is 2.37. The van der Waals surface area contributed by atoms with Crippen molar-refractivity contribution in [3.63, 3.8) is 0 Å². The van der Waals surface area contributed by atoms with Crippen molar-refractivity contribution < 1.29 is 9.53 Å². The first-order valence-corrected chi connectivity index (χ1v) is 8.20. The lowest BCUT2D eigenvalue weighted by Gasteiger charge is -2.15. The second kappa shape index (κ2) is 6.09. The van der Waals surface area contributed by atoms with E-state index in [2.05, 4.69) is 10.3 Å². The Hall–Kier alpha value is -2.66. The summed E-state index contributed by atoms with van der Waals surface area (Å²) < 4.78 is 5.98. The first kappa shape index (κ1) is 14.9. The fraction of sp³-hybridized carbons (Fsp3) is 0.263. The lowest BCUT2D eigenvalue weighted by molar-refractivity contribution is -0.117.